The van der Waals surface area contributed by atoms with E-state index in [1.165, 1.54) is 18.5 Å². The minimum absolute atomic E-state index is 0.0139. The van der Waals surface area contributed by atoms with Gasteiger partial charge in [0.25, 0.3) is 0 Å². The fourth-order valence-corrected chi connectivity index (χ4v) is 2.65. The molecule has 0 aromatic carbocycles. The molecule has 0 saturated carbocycles. The second-order valence-corrected chi connectivity index (χ2v) is 4.73. The summed E-state index contributed by atoms with van der Waals surface area (Å²) in [5.74, 6) is 0.721. The molecule has 4 nitrogen and oxygen atoms in total. The number of hydrogen-bond donors (Lipinski definition) is 2. The third kappa shape index (κ3) is 1.67. The molecule has 0 bridgehead atoms. The number of rotatable bonds is 2. The highest BCUT2D eigenvalue weighted by Crippen LogP contribution is 2.20. The summed E-state index contributed by atoms with van der Waals surface area (Å²) in [5.41, 5.74) is 2.29. The largest absolute Gasteiger partial charge is 0.339 e. The van der Waals surface area contributed by atoms with Crippen LogP contribution in [0.5, 0.6) is 0 Å². The lowest BCUT2D eigenvalue weighted by Gasteiger charge is -2.21. The van der Waals surface area contributed by atoms with Crippen LogP contribution in [0.3, 0.4) is 0 Å². The van der Waals surface area contributed by atoms with E-state index in [9.17, 15) is 4.79 Å². The van der Waals surface area contributed by atoms with Gasteiger partial charge in [0.05, 0.1) is 11.7 Å². The Labute approximate surface area is 94.8 Å². The van der Waals surface area contributed by atoms with Crippen LogP contribution >= 0.6 is 0 Å². The summed E-state index contributed by atoms with van der Waals surface area (Å²) < 4.78 is 0. The molecule has 1 saturated heterocycles. The number of nitrogens with one attached hydrogen (secondary N) is 2. The van der Waals surface area contributed by atoms with Gasteiger partial charge in [0, 0.05) is 5.69 Å². The fourth-order valence-electron chi connectivity index (χ4n) is 2.65. The Kier molecular flexibility index (Phi) is 2.52. The van der Waals surface area contributed by atoms with Crippen molar-refractivity contribution in [3.63, 3.8) is 0 Å². The molecule has 1 atom stereocenters. The number of aromatic nitrogens is 2. The number of aryl methyl sites for hydroxylation is 2. The van der Waals surface area contributed by atoms with E-state index in [-0.39, 0.29) is 11.8 Å². The number of Topliss-reactive ketones (excluding diaryl/α,β-unsaturated/α-hetero) is 1. The number of aromatic amines is 1. The molecule has 1 aliphatic heterocycles. The van der Waals surface area contributed by atoms with Crippen molar-refractivity contribution in [3.05, 3.63) is 17.2 Å². The summed E-state index contributed by atoms with van der Waals surface area (Å²) in [6.07, 6.45) is 6.52. The molecule has 16 heavy (non-hydrogen) atoms. The third-order valence-corrected chi connectivity index (χ3v) is 3.56. The molecule has 86 valence electrons. The van der Waals surface area contributed by atoms with Crippen LogP contribution in [0.15, 0.2) is 0 Å². The Morgan fingerprint density at radius 1 is 1.25 bits per heavy atom. The minimum Gasteiger partial charge on any atom is -0.339 e. The Balaban J connectivity index is 1.78. The van der Waals surface area contributed by atoms with Gasteiger partial charge < -0.3 is 10.3 Å². The molecule has 2 aliphatic rings. The lowest BCUT2D eigenvalue weighted by atomic mass is 10.0. The second kappa shape index (κ2) is 4.01. The molecule has 1 aliphatic carbocycles. The molecule has 1 unspecified atom stereocenters. The number of ketones is 1. The van der Waals surface area contributed by atoms with E-state index < -0.39 is 0 Å². The monoisotopic (exact) mass is 219 g/mol. The third-order valence-electron chi connectivity index (χ3n) is 3.56. The minimum atomic E-state index is -0.0139. The van der Waals surface area contributed by atoms with E-state index in [1.807, 2.05) is 0 Å². The molecule has 2 N–H and O–H groups in total. The summed E-state index contributed by atoms with van der Waals surface area (Å²) in [5, 5.41) is 3.27. The van der Waals surface area contributed by atoms with E-state index in [1.54, 1.807) is 0 Å². The number of nitrogens with zero attached hydrogens (tertiary/aromatic N) is 1. The first-order valence-corrected chi connectivity index (χ1v) is 6.20. The first-order valence-electron chi connectivity index (χ1n) is 6.20. The maximum absolute atomic E-state index is 12.1. The summed E-state index contributed by atoms with van der Waals surface area (Å²) >= 11 is 0. The van der Waals surface area contributed by atoms with Gasteiger partial charge in [0.1, 0.15) is 0 Å². The zero-order chi connectivity index (χ0) is 11.0. The topological polar surface area (TPSA) is 57.8 Å². The van der Waals surface area contributed by atoms with Crippen molar-refractivity contribution in [2.45, 2.75) is 44.6 Å². The number of imidazole rings is 1. The smallest absolute Gasteiger partial charge is 0.214 e. The molecule has 4 heteroatoms. The molecule has 0 spiro atoms. The van der Waals surface area contributed by atoms with Gasteiger partial charge in [0.2, 0.25) is 5.78 Å². The first-order chi connectivity index (χ1) is 7.84. The van der Waals surface area contributed by atoms with Gasteiger partial charge in [-0.2, -0.15) is 0 Å². The van der Waals surface area contributed by atoms with Gasteiger partial charge in [-0.25, -0.2) is 4.98 Å². The Hall–Kier alpha value is -1.16. The first kappa shape index (κ1) is 10.0. The maximum Gasteiger partial charge on any atom is 0.214 e. The number of H-pyrrole nitrogens is 1. The molecule has 2 heterocycles. The highest BCUT2D eigenvalue weighted by molar-refractivity contribution is 5.97. The maximum atomic E-state index is 12.1. The second-order valence-electron chi connectivity index (χ2n) is 4.73. The van der Waals surface area contributed by atoms with Crippen LogP contribution in [0.25, 0.3) is 0 Å². The molecule has 0 amide bonds. The van der Waals surface area contributed by atoms with Crippen molar-refractivity contribution >= 4 is 5.78 Å². The van der Waals surface area contributed by atoms with Crippen molar-refractivity contribution in [1.82, 2.24) is 15.3 Å². The lowest BCUT2D eigenvalue weighted by molar-refractivity contribution is 0.0917. The average Bonchev–Trinajstić information content (AvgIpc) is 2.89. The van der Waals surface area contributed by atoms with Crippen molar-refractivity contribution in [3.8, 4) is 0 Å². The normalized spacial score (nSPS) is 24.4. The summed E-state index contributed by atoms with van der Waals surface area (Å²) in [4.78, 5) is 19.8. The SMILES string of the molecule is O=C(c1nc2c([nH]1)CCC2)C1CCCCN1. The molecular weight excluding hydrogens is 202 g/mol. The van der Waals surface area contributed by atoms with E-state index in [0.29, 0.717) is 5.82 Å². The Morgan fingerprint density at radius 2 is 2.19 bits per heavy atom. The van der Waals surface area contributed by atoms with Crippen LogP contribution < -0.4 is 5.32 Å². The average molecular weight is 219 g/mol. The van der Waals surface area contributed by atoms with Gasteiger partial charge in [-0.15, -0.1) is 0 Å². The highest BCUT2D eigenvalue weighted by Gasteiger charge is 2.26. The van der Waals surface area contributed by atoms with Crippen molar-refractivity contribution < 1.29 is 4.79 Å². The van der Waals surface area contributed by atoms with E-state index in [0.717, 1.165) is 37.9 Å². The lowest BCUT2D eigenvalue weighted by Crippen LogP contribution is -2.40. The molecule has 0 radical (unpaired) electrons. The predicted molar refractivity (Wildman–Crippen MR) is 60.6 cm³/mol. The number of hydrogen-bond acceptors (Lipinski definition) is 3. The van der Waals surface area contributed by atoms with E-state index >= 15 is 0 Å². The highest BCUT2D eigenvalue weighted by atomic mass is 16.1. The molecule has 3 rings (SSSR count). The van der Waals surface area contributed by atoms with Crippen LogP contribution in [0.4, 0.5) is 0 Å². The van der Waals surface area contributed by atoms with Crippen molar-refractivity contribution in [1.29, 1.82) is 0 Å². The van der Waals surface area contributed by atoms with Crippen LogP contribution in [-0.4, -0.2) is 28.3 Å². The molecule has 1 aromatic rings. The standard InChI is InChI=1S/C12H17N3O/c16-11(10-4-1-2-7-13-10)12-14-8-5-3-6-9(8)15-12/h10,13H,1-7H2,(H,14,15). The van der Waals surface area contributed by atoms with Gasteiger partial charge in [0.15, 0.2) is 5.82 Å². The Morgan fingerprint density at radius 3 is 2.94 bits per heavy atom. The number of carbonyl (C=O) groups excluding carboxylic acids is 1. The summed E-state index contributed by atoms with van der Waals surface area (Å²) in [7, 11) is 0. The van der Waals surface area contributed by atoms with Crippen LogP contribution in [0, 0.1) is 0 Å². The van der Waals surface area contributed by atoms with Gasteiger partial charge in [-0.05, 0) is 38.6 Å². The number of carbonyl (C=O) groups is 1. The fraction of sp³-hybridized carbons (Fsp3) is 0.667. The zero-order valence-corrected chi connectivity index (χ0v) is 9.38. The number of fused-ring (bicyclic) bond motifs is 1. The van der Waals surface area contributed by atoms with Gasteiger partial charge in [-0.3, -0.25) is 4.79 Å². The van der Waals surface area contributed by atoms with Gasteiger partial charge >= 0.3 is 0 Å². The summed E-state index contributed by atoms with van der Waals surface area (Å²) in [6.45, 7) is 0.955. The molecular formula is C12H17N3O. The van der Waals surface area contributed by atoms with Gasteiger partial charge in [-0.1, -0.05) is 6.42 Å². The predicted octanol–water partition coefficient (Wildman–Crippen LogP) is 1.22. The van der Waals surface area contributed by atoms with Crippen LogP contribution in [-0.2, 0) is 12.8 Å². The summed E-state index contributed by atoms with van der Waals surface area (Å²) in [6, 6.07) is -0.0139. The van der Waals surface area contributed by atoms with Crippen LogP contribution in [0.1, 0.15) is 47.7 Å². The van der Waals surface area contributed by atoms with Crippen molar-refractivity contribution in [2.24, 2.45) is 0 Å². The Bertz CT molecular complexity index is 383. The number of piperidine rings is 1. The quantitative estimate of drug-likeness (QED) is 0.735. The molecule has 1 fully saturated rings. The van der Waals surface area contributed by atoms with Crippen LogP contribution in [0.2, 0.25) is 0 Å². The van der Waals surface area contributed by atoms with E-state index in [4.69, 9.17) is 0 Å². The van der Waals surface area contributed by atoms with E-state index in [2.05, 4.69) is 15.3 Å². The molecule has 1 aromatic heterocycles. The van der Waals surface area contributed by atoms with Crippen molar-refractivity contribution in [2.75, 3.05) is 6.54 Å². The zero-order valence-electron chi connectivity index (χ0n) is 9.38.